The number of H-pyrrole nitrogens is 1. The van der Waals surface area contributed by atoms with E-state index in [1.165, 1.54) is 25.7 Å². The molecular weight excluding hydrogens is 276 g/mol. The van der Waals surface area contributed by atoms with E-state index in [0.29, 0.717) is 0 Å². The maximum absolute atomic E-state index is 12.9. The predicted octanol–water partition coefficient (Wildman–Crippen LogP) is 3.22. The van der Waals surface area contributed by atoms with E-state index in [1.807, 2.05) is 25.1 Å². The monoisotopic (exact) mass is 300 g/mol. The molecule has 1 saturated heterocycles. The molecule has 2 heterocycles. The molecule has 1 N–H and O–H groups in total. The Bertz CT molecular complexity index is 713. The van der Waals surface area contributed by atoms with Gasteiger partial charge in [-0.05, 0) is 51.1 Å². The van der Waals surface area contributed by atoms with Crippen LogP contribution < -0.4 is 10.2 Å². The average molecular weight is 300 g/mol. The van der Waals surface area contributed by atoms with E-state index >= 15 is 0 Å². The molecule has 0 radical (unpaired) electrons. The minimum absolute atomic E-state index is 0.134. The number of benzene rings is 1. The number of likely N-dealkylation sites (tertiary alicyclic amines) is 1. The summed E-state index contributed by atoms with van der Waals surface area (Å²) in [6.45, 7) is 4.93. The molecule has 1 aromatic heterocycles. The van der Waals surface area contributed by atoms with Crippen LogP contribution in [0.3, 0.4) is 0 Å². The maximum atomic E-state index is 12.9. The minimum atomic E-state index is 0.134. The first-order valence-corrected chi connectivity index (χ1v) is 8.11. The van der Waals surface area contributed by atoms with Gasteiger partial charge in [-0.3, -0.25) is 9.69 Å². The SMILES string of the molecule is COc1ccc2[nH]c(C)c(CN3CCCCCC3)c(=O)c2c1. The Morgan fingerprint density at radius 1 is 1.18 bits per heavy atom. The Kier molecular flexibility index (Phi) is 4.48. The zero-order chi connectivity index (χ0) is 15.5. The summed E-state index contributed by atoms with van der Waals surface area (Å²) in [5.41, 5.74) is 2.88. The summed E-state index contributed by atoms with van der Waals surface area (Å²) in [5, 5.41) is 0.717. The lowest BCUT2D eigenvalue weighted by Crippen LogP contribution is -2.28. The summed E-state index contributed by atoms with van der Waals surface area (Å²) in [7, 11) is 1.63. The first-order chi connectivity index (χ1) is 10.7. The molecule has 2 aromatic rings. The second kappa shape index (κ2) is 6.53. The fourth-order valence-corrected chi connectivity index (χ4v) is 3.27. The van der Waals surface area contributed by atoms with Crippen molar-refractivity contribution in [3.8, 4) is 5.75 Å². The van der Waals surface area contributed by atoms with E-state index in [4.69, 9.17) is 4.74 Å². The van der Waals surface area contributed by atoms with Crippen molar-refractivity contribution in [3.63, 3.8) is 0 Å². The molecule has 1 aliphatic rings. The quantitative estimate of drug-likeness (QED) is 0.946. The first kappa shape index (κ1) is 15.1. The fourth-order valence-electron chi connectivity index (χ4n) is 3.27. The molecule has 1 aromatic carbocycles. The number of rotatable bonds is 3. The number of aromatic amines is 1. The fraction of sp³-hybridized carbons (Fsp3) is 0.500. The predicted molar refractivity (Wildman–Crippen MR) is 89.6 cm³/mol. The number of ether oxygens (including phenoxy) is 1. The van der Waals surface area contributed by atoms with E-state index in [-0.39, 0.29) is 5.43 Å². The Balaban J connectivity index is 1.99. The third-order valence-electron chi connectivity index (χ3n) is 4.60. The second-order valence-corrected chi connectivity index (χ2v) is 6.16. The topological polar surface area (TPSA) is 45.3 Å². The van der Waals surface area contributed by atoms with Crippen LogP contribution in [0.2, 0.25) is 0 Å². The molecule has 1 fully saturated rings. The second-order valence-electron chi connectivity index (χ2n) is 6.16. The largest absolute Gasteiger partial charge is 0.497 e. The van der Waals surface area contributed by atoms with Gasteiger partial charge in [0.15, 0.2) is 5.43 Å². The summed E-state index contributed by atoms with van der Waals surface area (Å²) in [4.78, 5) is 18.7. The summed E-state index contributed by atoms with van der Waals surface area (Å²) in [6.07, 6.45) is 5.08. The lowest BCUT2D eigenvalue weighted by atomic mass is 10.1. The minimum Gasteiger partial charge on any atom is -0.497 e. The van der Waals surface area contributed by atoms with Crippen molar-refractivity contribution in [2.75, 3.05) is 20.2 Å². The highest BCUT2D eigenvalue weighted by Gasteiger charge is 2.15. The summed E-state index contributed by atoms with van der Waals surface area (Å²) >= 11 is 0. The van der Waals surface area contributed by atoms with Crippen LogP contribution in [0.4, 0.5) is 0 Å². The van der Waals surface area contributed by atoms with Crippen LogP contribution in [0.1, 0.15) is 36.9 Å². The molecule has 0 bridgehead atoms. The van der Waals surface area contributed by atoms with Crippen LogP contribution in [0.15, 0.2) is 23.0 Å². The molecule has 1 aliphatic heterocycles. The van der Waals surface area contributed by atoms with Crippen LogP contribution in [-0.4, -0.2) is 30.1 Å². The molecule has 0 atom stereocenters. The summed E-state index contributed by atoms with van der Waals surface area (Å²) in [6, 6.07) is 5.63. The number of pyridine rings is 1. The Morgan fingerprint density at radius 3 is 2.59 bits per heavy atom. The Morgan fingerprint density at radius 2 is 1.91 bits per heavy atom. The van der Waals surface area contributed by atoms with Gasteiger partial charge in [0.05, 0.1) is 7.11 Å². The molecule has 0 spiro atoms. The van der Waals surface area contributed by atoms with Gasteiger partial charge in [-0.15, -0.1) is 0 Å². The van der Waals surface area contributed by atoms with Gasteiger partial charge in [0.25, 0.3) is 0 Å². The lowest BCUT2D eigenvalue weighted by Gasteiger charge is -2.20. The van der Waals surface area contributed by atoms with Crippen LogP contribution in [0.25, 0.3) is 10.9 Å². The summed E-state index contributed by atoms with van der Waals surface area (Å²) < 4.78 is 5.25. The van der Waals surface area contributed by atoms with E-state index in [2.05, 4.69) is 9.88 Å². The molecule has 4 heteroatoms. The van der Waals surface area contributed by atoms with E-state index in [0.717, 1.165) is 47.5 Å². The van der Waals surface area contributed by atoms with Gasteiger partial charge in [-0.1, -0.05) is 12.8 Å². The molecule has 4 nitrogen and oxygen atoms in total. The van der Waals surface area contributed by atoms with E-state index in [9.17, 15) is 4.79 Å². The van der Waals surface area contributed by atoms with Crippen LogP contribution in [0.5, 0.6) is 5.75 Å². The van der Waals surface area contributed by atoms with E-state index in [1.54, 1.807) is 7.11 Å². The molecule has 0 amide bonds. The van der Waals surface area contributed by atoms with Crippen LogP contribution >= 0.6 is 0 Å². The van der Waals surface area contributed by atoms with Crippen molar-refractivity contribution in [2.45, 2.75) is 39.2 Å². The first-order valence-electron chi connectivity index (χ1n) is 8.11. The van der Waals surface area contributed by atoms with Gasteiger partial charge in [-0.2, -0.15) is 0 Å². The van der Waals surface area contributed by atoms with Gasteiger partial charge in [-0.25, -0.2) is 0 Å². The van der Waals surface area contributed by atoms with Gasteiger partial charge in [0, 0.05) is 28.7 Å². The zero-order valence-electron chi connectivity index (χ0n) is 13.4. The Labute approximate surface area is 131 Å². The van der Waals surface area contributed by atoms with Crippen molar-refractivity contribution in [2.24, 2.45) is 0 Å². The highest BCUT2D eigenvalue weighted by atomic mass is 16.5. The van der Waals surface area contributed by atoms with Crippen molar-refractivity contribution in [1.29, 1.82) is 0 Å². The van der Waals surface area contributed by atoms with Crippen molar-refractivity contribution in [1.82, 2.24) is 9.88 Å². The van der Waals surface area contributed by atoms with E-state index < -0.39 is 0 Å². The molecular formula is C18H24N2O2. The lowest BCUT2D eigenvalue weighted by molar-refractivity contribution is 0.275. The number of nitrogens with zero attached hydrogens (tertiary/aromatic N) is 1. The van der Waals surface area contributed by atoms with Gasteiger partial charge in [0.2, 0.25) is 0 Å². The number of fused-ring (bicyclic) bond motifs is 1. The molecule has 0 unspecified atom stereocenters. The van der Waals surface area contributed by atoms with Gasteiger partial charge >= 0.3 is 0 Å². The van der Waals surface area contributed by atoms with Crippen molar-refractivity contribution in [3.05, 3.63) is 39.7 Å². The number of hydrogen-bond acceptors (Lipinski definition) is 3. The highest BCUT2D eigenvalue weighted by molar-refractivity contribution is 5.81. The number of aromatic nitrogens is 1. The third-order valence-corrected chi connectivity index (χ3v) is 4.60. The van der Waals surface area contributed by atoms with Gasteiger partial charge in [0.1, 0.15) is 5.75 Å². The molecule has 22 heavy (non-hydrogen) atoms. The number of hydrogen-bond donors (Lipinski definition) is 1. The van der Waals surface area contributed by atoms with Crippen molar-refractivity contribution < 1.29 is 4.74 Å². The van der Waals surface area contributed by atoms with Gasteiger partial charge < -0.3 is 9.72 Å². The van der Waals surface area contributed by atoms with Crippen molar-refractivity contribution >= 4 is 10.9 Å². The Hall–Kier alpha value is -1.81. The highest BCUT2D eigenvalue weighted by Crippen LogP contribution is 2.19. The van der Waals surface area contributed by atoms with Crippen LogP contribution in [0, 0.1) is 6.92 Å². The molecule has 3 rings (SSSR count). The maximum Gasteiger partial charge on any atom is 0.194 e. The average Bonchev–Trinajstić information content (AvgIpc) is 2.80. The standard InChI is InChI=1S/C18H24N2O2/c1-13-16(12-20-9-5-3-4-6-10-20)18(21)15-11-14(22-2)7-8-17(15)19-13/h7-8,11H,3-6,9-10,12H2,1-2H3,(H,19,21). The molecule has 0 aliphatic carbocycles. The zero-order valence-corrected chi connectivity index (χ0v) is 13.4. The number of nitrogens with one attached hydrogen (secondary N) is 1. The molecule has 0 saturated carbocycles. The normalized spacial score (nSPS) is 16.6. The molecule has 118 valence electrons. The smallest absolute Gasteiger partial charge is 0.194 e. The number of aryl methyl sites for hydroxylation is 1. The summed E-state index contributed by atoms with van der Waals surface area (Å²) in [5.74, 6) is 0.725. The van der Waals surface area contributed by atoms with Crippen LogP contribution in [-0.2, 0) is 6.54 Å². The third kappa shape index (κ3) is 3.02. The number of methoxy groups -OCH3 is 1.